The fourth-order valence-electron chi connectivity index (χ4n) is 6.37. The molecule has 0 saturated carbocycles. The Bertz CT molecular complexity index is 1050. The topological polar surface area (TPSA) is 78.9 Å². The van der Waals surface area contributed by atoms with Gasteiger partial charge in [-0.25, -0.2) is 0 Å². The molecule has 6 heteroatoms. The Balaban J connectivity index is 4.41. The summed E-state index contributed by atoms with van der Waals surface area (Å²) in [6.45, 7) is 6.43. The van der Waals surface area contributed by atoms with Crippen molar-refractivity contribution in [1.29, 1.82) is 0 Å². The van der Waals surface area contributed by atoms with Gasteiger partial charge in [-0.05, 0) is 96.3 Å². The van der Waals surface area contributed by atoms with E-state index in [9.17, 15) is 14.4 Å². The third kappa shape index (κ3) is 44.1. The monoisotopic (exact) mass is 797 g/mol. The van der Waals surface area contributed by atoms with Crippen molar-refractivity contribution in [2.75, 3.05) is 13.2 Å². The summed E-state index contributed by atoms with van der Waals surface area (Å²) >= 11 is 0. The van der Waals surface area contributed by atoms with Crippen LogP contribution in [0, 0.1) is 0 Å². The number of esters is 3. The Kier molecular flexibility index (Phi) is 43.5. The number of ether oxygens (including phenoxy) is 3. The van der Waals surface area contributed by atoms with Crippen LogP contribution in [0.2, 0.25) is 0 Å². The predicted molar refractivity (Wildman–Crippen MR) is 242 cm³/mol. The van der Waals surface area contributed by atoms with E-state index in [2.05, 4.69) is 81.5 Å². The molecule has 1 unspecified atom stereocenters. The summed E-state index contributed by atoms with van der Waals surface area (Å²) in [5, 5.41) is 0. The molecule has 1 atom stereocenters. The van der Waals surface area contributed by atoms with E-state index < -0.39 is 6.10 Å². The first-order chi connectivity index (χ1) is 28.0. The molecule has 0 spiro atoms. The van der Waals surface area contributed by atoms with E-state index in [1.807, 2.05) is 0 Å². The first-order valence-corrected chi connectivity index (χ1v) is 23.8. The first kappa shape index (κ1) is 54.1. The number of unbranched alkanes of at least 4 members (excludes halogenated alkanes) is 21. The Morgan fingerprint density at radius 2 is 0.702 bits per heavy atom. The van der Waals surface area contributed by atoms with Crippen molar-refractivity contribution in [3.63, 3.8) is 0 Å². The van der Waals surface area contributed by atoms with Crippen molar-refractivity contribution in [2.24, 2.45) is 0 Å². The van der Waals surface area contributed by atoms with E-state index in [-0.39, 0.29) is 31.1 Å². The van der Waals surface area contributed by atoms with Crippen LogP contribution in [0.5, 0.6) is 0 Å². The van der Waals surface area contributed by atoms with Crippen molar-refractivity contribution >= 4 is 17.9 Å². The molecular formula is C51H88O6. The highest BCUT2D eigenvalue weighted by Gasteiger charge is 2.19. The van der Waals surface area contributed by atoms with Crippen LogP contribution in [0.1, 0.15) is 226 Å². The van der Waals surface area contributed by atoms with Gasteiger partial charge in [-0.3, -0.25) is 14.4 Å². The molecule has 328 valence electrons. The molecule has 6 nitrogen and oxygen atoms in total. The maximum Gasteiger partial charge on any atom is 0.306 e. The van der Waals surface area contributed by atoms with Crippen molar-refractivity contribution < 1.29 is 28.6 Å². The van der Waals surface area contributed by atoms with E-state index in [4.69, 9.17) is 14.2 Å². The van der Waals surface area contributed by atoms with Crippen LogP contribution in [-0.2, 0) is 28.6 Å². The van der Waals surface area contributed by atoms with Crippen LogP contribution in [-0.4, -0.2) is 37.2 Å². The van der Waals surface area contributed by atoms with Crippen molar-refractivity contribution in [2.45, 2.75) is 232 Å². The SMILES string of the molecule is CC/C=C\C/C=C\C/C=C\CCCCCCC(=O)OC(COC(=O)CCCCCC/C=C\CCCC)COC(=O)CCCCCCCCC/C=C\CCCCCC. The number of carbonyl (C=O) groups excluding carboxylic acids is 3. The minimum absolute atomic E-state index is 0.0895. The number of carbonyl (C=O) groups is 3. The minimum Gasteiger partial charge on any atom is -0.462 e. The zero-order chi connectivity index (χ0) is 41.5. The second kappa shape index (κ2) is 45.8. The second-order valence-electron chi connectivity index (χ2n) is 15.6. The molecule has 0 aliphatic carbocycles. The Hall–Kier alpha value is -2.89. The third-order valence-electron chi connectivity index (χ3n) is 9.98. The molecule has 0 fully saturated rings. The molecular weight excluding hydrogens is 709 g/mol. The van der Waals surface area contributed by atoms with Crippen molar-refractivity contribution in [3.8, 4) is 0 Å². The Morgan fingerprint density at radius 1 is 0.368 bits per heavy atom. The highest BCUT2D eigenvalue weighted by Crippen LogP contribution is 2.13. The summed E-state index contributed by atoms with van der Waals surface area (Å²) in [5.74, 6) is -0.932. The van der Waals surface area contributed by atoms with Crippen LogP contribution >= 0.6 is 0 Å². The van der Waals surface area contributed by atoms with Gasteiger partial charge in [-0.2, -0.15) is 0 Å². The van der Waals surface area contributed by atoms with Crippen molar-refractivity contribution in [3.05, 3.63) is 60.8 Å². The summed E-state index contributed by atoms with van der Waals surface area (Å²) in [6.07, 6.45) is 54.9. The van der Waals surface area contributed by atoms with Gasteiger partial charge in [0.2, 0.25) is 0 Å². The van der Waals surface area contributed by atoms with Gasteiger partial charge in [-0.15, -0.1) is 0 Å². The zero-order valence-corrected chi connectivity index (χ0v) is 37.3. The molecule has 0 N–H and O–H groups in total. The smallest absolute Gasteiger partial charge is 0.306 e. The molecule has 0 amide bonds. The predicted octanol–water partition coefficient (Wildman–Crippen LogP) is 15.3. The lowest BCUT2D eigenvalue weighted by molar-refractivity contribution is -0.167. The fourth-order valence-corrected chi connectivity index (χ4v) is 6.37. The molecule has 0 aromatic rings. The maximum absolute atomic E-state index is 12.7. The van der Waals surface area contributed by atoms with Crippen LogP contribution in [0.15, 0.2) is 60.8 Å². The number of hydrogen-bond donors (Lipinski definition) is 0. The van der Waals surface area contributed by atoms with Crippen molar-refractivity contribution in [1.82, 2.24) is 0 Å². The van der Waals surface area contributed by atoms with Gasteiger partial charge in [0, 0.05) is 19.3 Å². The zero-order valence-electron chi connectivity index (χ0n) is 37.3. The van der Waals surface area contributed by atoms with Crippen LogP contribution in [0.4, 0.5) is 0 Å². The third-order valence-corrected chi connectivity index (χ3v) is 9.98. The van der Waals surface area contributed by atoms with E-state index in [1.165, 1.54) is 77.0 Å². The summed E-state index contributed by atoms with van der Waals surface area (Å²) in [6, 6.07) is 0. The van der Waals surface area contributed by atoms with Gasteiger partial charge >= 0.3 is 17.9 Å². The molecule has 0 bridgehead atoms. The molecule has 0 radical (unpaired) electrons. The maximum atomic E-state index is 12.7. The minimum atomic E-state index is -0.789. The van der Waals surface area contributed by atoms with Crippen LogP contribution < -0.4 is 0 Å². The molecule has 0 aromatic heterocycles. The highest BCUT2D eigenvalue weighted by molar-refractivity contribution is 5.71. The summed E-state index contributed by atoms with van der Waals surface area (Å²) in [5.41, 5.74) is 0. The van der Waals surface area contributed by atoms with Gasteiger partial charge in [0.1, 0.15) is 13.2 Å². The molecule has 0 rings (SSSR count). The van der Waals surface area contributed by atoms with Gasteiger partial charge in [0.25, 0.3) is 0 Å². The van der Waals surface area contributed by atoms with E-state index >= 15 is 0 Å². The van der Waals surface area contributed by atoms with E-state index in [0.717, 1.165) is 109 Å². The lowest BCUT2D eigenvalue weighted by Crippen LogP contribution is -2.30. The number of hydrogen-bond acceptors (Lipinski definition) is 6. The molecule has 0 aliphatic heterocycles. The molecule has 0 saturated heterocycles. The fraction of sp³-hybridized carbons (Fsp3) is 0.745. The first-order valence-electron chi connectivity index (χ1n) is 23.8. The normalized spacial score (nSPS) is 12.5. The van der Waals surface area contributed by atoms with Crippen LogP contribution in [0.3, 0.4) is 0 Å². The Morgan fingerprint density at radius 3 is 1.14 bits per heavy atom. The summed E-state index contributed by atoms with van der Waals surface area (Å²) in [7, 11) is 0. The molecule has 0 aromatic carbocycles. The largest absolute Gasteiger partial charge is 0.462 e. The van der Waals surface area contributed by atoms with Gasteiger partial charge in [-0.1, -0.05) is 171 Å². The second-order valence-corrected chi connectivity index (χ2v) is 15.6. The van der Waals surface area contributed by atoms with Gasteiger partial charge < -0.3 is 14.2 Å². The quantitative estimate of drug-likeness (QED) is 0.0265. The average Bonchev–Trinajstić information content (AvgIpc) is 3.21. The molecule has 0 aliphatic rings. The number of allylic oxidation sites excluding steroid dienone is 10. The van der Waals surface area contributed by atoms with E-state index in [1.54, 1.807) is 0 Å². The van der Waals surface area contributed by atoms with E-state index in [0.29, 0.717) is 19.3 Å². The van der Waals surface area contributed by atoms with Gasteiger partial charge in [0.15, 0.2) is 6.10 Å². The average molecular weight is 797 g/mol. The number of rotatable bonds is 42. The summed E-state index contributed by atoms with van der Waals surface area (Å²) < 4.78 is 16.7. The Labute approximate surface area is 351 Å². The van der Waals surface area contributed by atoms with Gasteiger partial charge in [0.05, 0.1) is 0 Å². The molecule has 57 heavy (non-hydrogen) atoms. The lowest BCUT2D eigenvalue weighted by atomic mass is 10.1. The van der Waals surface area contributed by atoms with Crippen LogP contribution in [0.25, 0.3) is 0 Å². The highest BCUT2D eigenvalue weighted by atomic mass is 16.6. The lowest BCUT2D eigenvalue weighted by Gasteiger charge is -2.18. The summed E-state index contributed by atoms with van der Waals surface area (Å²) in [4.78, 5) is 37.8. The molecule has 0 heterocycles. The standard InChI is InChI=1S/C51H88O6/c1-4-7-10-13-16-19-22-24-26-28-29-32-35-38-41-44-50(53)56-47-48(46-55-49(52)43-40-37-34-31-21-18-15-12-9-6-3)57-51(54)45-42-39-36-33-30-27-25-23-20-17-14-11-8-5-2/h8,11,15,17-20,22,25,27,48H,4-7,9-10,12-14,16,21,23-24,26,28-47H2,1-3H3/b11-8-,18-15-,20-17-,22-19-,27-25-.